The van der Waals surface area contributed by atoms with Gasteiger partial charge in [-0.05, 0) is 57.2 Å². The summed E-state index contributed by atoms with van der Waals surface area (Å²) in [6.45, 7) is 2.95. The highest BCUT2D eigenvalue weighted by atomic mass is 19.4. The average molecular weight is 688 g/mol. The molecule has 7 rings (SSSR count). The van der Waals surface area contributed by atoms with Crippen molar-refractivity contribution in [2.24, 2.45) is 0 Å². The number of hydrogen-bond acceptors (Lipinski definition) is 9. The maximum absolute atomic E-state index is 15.6. The van der Waals surface area contributed by atoms with Crippen LogP contribution in [0.25, 0.3) is 0 Å². The van der Waals surface area contributed by atoms with Gasteiger partial charge in [0, 0.05) is 36.2 Å². The molecule has 3 amide bonds. The van der Waals surface area contributed by atoms with Gasteiger partial charge in [0.25, 0.3) is 5.91 Å². The van der Waals surface area contributed by atoms with Crippen molar-refractivity contribution < 1.29 is 41.0 Å². The summed E-state index contributed by atoms with van der Waals surface area (Å²) in [6.07, 6.45) is -3.05. The van der Waals surface area contributed by atoms with Gasteiger partial charge in [-0.2, -0.15) is 23.1 Å². The van der Waals surface area contributed by atoms with Gasteiger partial charge in [0.15, 0.2) is 5.82 Å². The van der Waals surface area contributed by atoms with Gasteiger partial charge in [-0.1, -0.05) is 5.92 Å². The molecule has 5 aliphatic rings. The van der Waals surface area contributed by atoms with E-state index in [1.807, 2.05) is 0 Å². The highest BCUT2D eigenvalue weighted by Crippen LogP contribution is 2.46. The third-order valence-corrected chi connectivity index (χ3v) is 10.2. The number of rotatable bonds is 5. The van der Waals surface area contributed by atoms with Crippen LogP contribution in [0.5, 0.6) is 6.01 Å². The quantitative estimate of drug-likeness (QED) is 0.184. The van der Waals surface area contributed by atoms with E-state index >= 15 is 4.39 Å². The maximum atomic E-state index is 15.6. The zero-order chi connectivity index (χ0) is 34.7. The Morgan fingerprint density at radius 3 is 2.73 bits per heavy atom. The van der Waals surface area contributed by atoms with Crippen molar-refractivity contribution in [2.75, 3.05) is 43.4 Å². The Hall–Kier alpha value is -4.49. The molecule has 1 aromatic heterocycles. The molecular formula is C33H34F5N7O4. The van der Waals surface area contributed by atoms with Crippen LogP contribution in [0.3, 0.4) is 0 Å². The lowest BCUT2D eigenvalue weighted by Gasteiger charge is -2.40. The summed E-state index contributed by atoms with van der Waals surface area (Å²) < 4.78 is 84.8. The van der Waals surface area contributed by atoms with Crippen LogP contribution in [-0.2, 0) is 28.7 Å². The van der Waals surface area contributed by atoms with Crippen LogP contribution in [0.1, 0.15) is 73.1 Å². The highest BCUT2D eigenvalue weighted by Gasteiger charge is 2.50. The number of fused-ring (bicyclic) bond motifs is 2. The number of benzene rings is 1. The third-order valence-electron chi connectivity index (χ3n) is 10.2. The van der Waals surface area contributed by atoms with Crippen LogP contribution in [0.4, 0.5) is 38.3 Å². The summed E-state index contributed by atoms with van der Waals surface area (Å²) in [5.74, 6) is 3.42. The summed E-state index contributed by atoms with van der Waals surface area (Å²) >= 11 is 0. The van der Waals surface area contributed by atoms with E-state index in [-0.39, 0.29) is 37.9 Å². The van der Waals surface area contributed by atoms with Crippen molar-refractivity contribution in [2.45, 2.75) is 75.4 Å². The van der Waals surface area contributed by atoms with E-state index in [0.29, 0.717) is 55.6 Å². The zero-order valence-corrected chi connectivity index (χ0v) is 26.6. The van der Waals surface area contributed by atoms with E-state index in [1.54, 1.807) is 4.90 Å². The molecule has 16 heteroatoms. The Kier molecular flexibility index (Phi) is 8.18. The summed E-state index contributed by atoms with van der Waals surface area (Å²) in [6, 6.07) is 0.181. The molecule has 4 N–H and O–H groups in total. The molecule has 6 heterocycles. The third kappa shape index (κ3) is 5.72. The SMILES string of the molecule is CC#Cc1cc(N)c(F)c([C@@H]2Cc3nc(OC[C@]45CCCN4C/C(=C/F)C5)nc(N4CCC[C@@]5(C4)NC(=O)NC5=O)c3CO2)c1C(F)(F)F. The first-order chi connectivity index (χ1) is 23.4. The molecule has 0 radical (unpaired) electrons. The molecule has 4 saturated heterocycles. The van der Waals surface area contributed by atoms with Crippen LogP contribution in [0.15, 0.2) is 18.0 Å². The molecule has 0 saturated carbocycles. The van der Waals surface area contributed by atoms with Crippen molar-refractivity contribution in [3.05, 3.63) is 51.7 Å². The van der Waals surface area contributed by atoms with Gasteiger partial charge in [0.2, 0.25) is 0 Å². The number of urea groups is 1. The lowest BCUT2D eigenvalue weighted by Crippen LogP contribution is -2.59. The summed E-state index contributed by atoms with van der Waals surface area (Å²) in [5, 5.41) is 5.01. The number of hydrogen-bond donors (Lipinski definition) is 3. The fourth-order valence-electron chi connectivity index (χ4n) is 7.99. The molecule has 3 atom stereocenters. The van der Waals surface area contributed by atoms with E-state index in [1.165, 1.54) is 6.92 Å². The van der Waals surface area contributed by atoms with E-state index in [9.17, 15) is 27.2 Å². The van der Waals surface area contributed by atoms with Gasteiger partial charge in [-0.15, -0.1) is 5.92 Å². The molecule has 0 aliphatic carbocycles. The van der Waals surface area contributed by atoms with Crippen LogP contribution in [0, 0.1) is 17.7 Å². The zero-order valence-electron chi connectivity index (χ0n) is 26.6. The predicted molar refractivity (Wildman–Crippen MR) is 165 cm³/mol. The summed E-state index contributed by atoms with van der Waals surface area (Å²) in [5.41, 5.74) is 2.51. The van der Waals surface area contributed by atoms with E-state index in [4.69, 9.17) is 20.2 Å². The smallest absolute Gasteiger partial charge is 0.418 e. The molecule has 49 heavy (non-hydrogen) atoms. The second-order valence-electron chi connectivity index (χ2n) is 13.2. The number of aromatic nitrogens is 2. The van der Waals surface area contributed by atoms with E-state index < -0.39 is 63.5 Å². The number of carbonyl (C=O) groups is 2. The Balaban J connectivity index is 1.28. The monoisotopic (exact) mass is 687 g/mol. The molecule has 4 fully saturated rings. The molecule has 1 spiro atoms. The number of anilines is 2. The van der Waals surface area contributed by atoms with Crippen molar-refractivity contribution in [1.82, 2.24) is 25.5 Å². The van der Waals surface area contributed by atoms with Crippen molar-refractivity contribution >= 4 is 23.4 Å². The Labute approximate surface area is 278 Å². The minimum absolute atomic E-state index is 0.0559. The number of imide groups is 1. The first-order valence-electron chi connectivity index (χ1n) is 16.0. The van der Waals surface area contributed by atoms with Crippen LogP contribution in [0.2, 0.25) is 0 Å². The molecule has 0 bridgehead atoms. The Morgan fingerprint density at radius 2 is 2.02 bits per heavy atom. The number of nitrogens with two attached hydrogens (primary N) is 1. The van der Waals surface area contributed by atoms with E-state index in [0.717, 1.165) is 25.5 Å². The number of nitrogens with one attached hydrogen (secondary N) is 2. The number of carbonyl (C=O) groups excluding carboxylic acids is 2. The maximum Gasteiger partial charge on any atom is 0.418 e. The number of amides is 3. The largest absolute Gasteiger partial charge is 0.461 e. The Bertz CT molecular complexity index is 1820. The lowest BCUT2D eigenvalue weighted by atomic mass is 9.88. The van der Waals surface area contributed by atoms with Crippen molar-refractivity contribution in [3.8, 4) is 17.9 Å². The molecule has 5 aliphatic heterocycles. The number of halogens is 5. The molecule has 11 nitrogen and oxygen atoms in total. The summed E-state index contributed by atoms with van der Waals surface area (Å²) in [4.78, 5) is 38.2. The highest BCUT2D eigenvalue weighted by molar-refractivity contribution is 6.07. The van der Waals surface area contributed by atoms with Gasteiger partial charge in [-0.3, -0.25) is 15.0 Å². The van der Waals surface area contributed by atoms with Crippen molar-refractivity contribution in [1.29, 1.82) is 0 Å². The van der Waals surface area contributed by atoms with Gasteiger partial charge in [0.1, 0.15) is 18.0 Å². The minimum Gasteiger partial charge on any atom is -0.461 e. The number of nitrogens with zero attached hydrogens (tertiary/aromatic N) is 4. The second-order valence-corrected chi connectivity index (χ2v) is 13.2. The molecule has 2 aromatic rings. The number of piperidine rings is 1. The first-order valence-corrected chi connectivity index (χ1v) is 16.0. The van der Waals surface area contributed by atoms with Crippen molar-refractivity contribution in [3.63, 3.8) is 0 Å². The van der Waals surface area contributed by atoms with Crippen LogP contribution in [-0.4, -0.2) is 70.7 Å². The van der Waals surface area contributed by atoms with Gasteiger partial charge < -0.3 is 25.4 Å². The van der Waals surface area contributed by atoms with Crippen LogP contribution < -0.4 is 26.0 Å². The normalized spacial score (nSPS) is 27.5. The van der Waals surface area contributed by atoms with Gasteiger partial charge >= 0.3 is 18.2 Å². The number of nitrogen functional groups attached to an aromatic ring is 1. The van der Waals surface area contributed by atoms with Crippen LogP contribution >= 0.6 is 0 Å². The first kappa shape index (κ1) is 33.0. The average Bonchev–Trinajstić information content (AvgIpc) is 3.69. The second kappa shape index (κ2) is 12.1. The molecule has 0 unspecified atom stereocenters. The topological polar surface area (TPSA) is 135 Å². The van der Waals surface area contributed by atoms with E-state index in [2.05, 4.69) is 32.4 Å². The predicted octanol–water partition coefficient (Wildman–Crippen LogP) is 4.05. The minimum atomic E-state index is -4.98. The fraction of sp³-hybridized carbons (Fsp3) is 0.515. The lowest BCUT2D eigenvalue weighted by molar-refractivity contribution is -0.140. The van der Waals surface area contributed by atoms with Gasteiger partial charge in [-0.25, -0.2) is 13.6 Å². The Morgan fingerprint density at radius 1 is 1.22 bits per heavy atom. The standard InChI is InChI=1S/C33H34F5N7O4/c1-2-5-19-10-21(39)26(35)24(25(19)33(36,37)38)23-11-22-20(15-48-23)27(44-8-4-7-32(16-44)28(46)42-29(47)43-32)41-30(40-22)49-17-31-6-3-9-45(31)14-18(12-31)13-34/h10,13,23H,3-4,6-9,11-12,14-17,39H2,1H3,(H2,42,43,46,47)/b18-13+/t23-,31+,32-/m0/s1. The van der Waals surface area contributed by atoms with Gasteiger partial charge in [0.05, 0.1) is 48.1 Å². The summed E-state index contributed by atoms with van der Waals surface area (Å²) in [7, 11) is 0. The molecule has 260 valence electrons. The fourth-order valence-corrected chi connectivity index (χ4v) is 7.99. The number of alkyl halides is 3. The molecule has 1 aromatic carbocycles. The number of ether oxygens (including phenoxy) is 2. The molecular weight excluding hydrogens is 653 g/mol.